The lowest BCUT2D eigenvalue weighted by molar-refractivity contribution is -0.133. The number of carbonyl (C=O) groups is 2. The molecule has 29 heavy (non-hydrogen) atoms. The van der Waals surface area contributed by atoms with Gasteiger partial charge in [0.15, 0.2) is 6.61 Å². The van der Waals surface area contributed by atoms with Gasteiger partial charge in [-0.25, -0.2) is 4.79 Å². The molecule has 6 nitrogen and oxygen atoms in total. The quantitative estimate of drug-likeness (QED) is 0.719. The van der Waals surface area contributed by atoms with Crippen LogP contribution >= 0.6 is 34.8 Å². The summed E-state index contributed by atoms with van der Waals surface area (Å²) >= 11 is 17.8. The standard InChI is InChI=1S/C20H20Cl3N3O3/c21-14-2-5-16(6-3-14)24-20(28)26-9-1-8-25(10-11-26)19(27)13-29-18-7-4-15(22)12-17(18)23/h2-7,12H,1,8-11,13H2,(H,24,28). The minimum Gasteiger partial charge on any atom is -0.482 e. The minimum absolute atomic E-state index is 0.127. The van der Waals surface area contributed by atoms with Gasteiger partial charge < -0.3 is 19.9 Å². The van der Waals surface area contributed by atoms with Crippen LogP contribution in [0.3, 0.4) is 0 Å². The average Bonchev–Trinajstić information content (AvgIpc) is 2.95. The van der Waals surface area contributed by atoms with Gasteiger partial charge in [0.1, 0.15) is 5.75 Å². The van der Waals surface area contributed by atoms with Crippen LogP contribution in [0.1, 0.15) is 6.42 Å². The lowest BCUT2D eigenvalue weighted by atomic mass is 10.3. The van der Waals surface area contributed by atoms with Gasteiger partial charge in [-0.3, -0.25) is 4.79 Å². The van der Waals surface area contributed by atoms with Gasteiger partial charge in [-0.05, 0) is 48.9 Å². The fourth-order valence-corrected chi connectivity index (χ4v) is 3.52. The van der Waals surface area contributed by atoms with Crippen LogP contribution in [-0.4, -0.2) is 54.5 Å². The number of nitrogens with one attached hydrogen (secondary N) is 1. The van der Waals surface area contributed by atoms with Gasteiger partial charge in [0.2, 0.25) is 0 Å². The Labute approximate surface area is 184 Å². The molecule has 2 aromatic rings. The molecule has 0 atom stereocenters. The maximum absolute atomic E-state index is 12.5. The highest BCUT2D eigenvalue weighted by molar-refractivity contribution is 6.35. The van der Waals surface area contributed by atoms with E-state index in [1.165, 1.54) is 0 Å². The Morgan fingerprint density at radius 2 is 1.55 bits per heavy atom. The van der Waals surface area contributed by atoms with Crippen molar-refractivity contribution in [2.45, 2.75) is 6.42 Å². The van der Waals surface area contributed by atoms with Crippen molar-refractivity contribution >= 4 is 52.4 Å². The molecular weight excluding hydrogens is 437 g/mol. The van der Waals surface area contributed by atoms with E-state index in [1.54, 1.807) is 52.3 Å². The maximum Gasteiger partial charge on any atom is 0.321 e. The Balaban J connectivity index is 1.50. The molecule has 1 heterocycles. The number of hydrogen-bond donors (Lipinski definition) is 1. The summed E-state index contributed by atoms with van der Waals surface area (Å²) in [5, 5.41) is 4.30. The fourth-order valence-electron chi connectivity index (χ4n) is 2.93. The molecule has 0 unspecified atom stereocenters. The van der Waals surface area contributed by atoms with Crippen LogP contribution in [0.4, 0.5) is 10.5 Å². The van der Waals surface area contributed by atoms with E-state index in [-0.39, 0.29) is 18.5 Å². The van der Waals surface area contributed by atoms with Gasteiger partial charge in [-0.2, -0.15) is 0 Å². The Bertz CT molecular complexity index is 877. The second-order valence-corrected chi connectivity index (χ2v) is 7.80. The van der Waals surface area contributed by atoms with E-state index in [4.69, 9.17) is 39.5 Å². The first kappa shape index (κ1) is 21.6. The maximum atomic E-state index is 12.5. The van der Waals surface area contributed by atoms with Gasteiger partial charge in [0.25, 0.3) is 5.91 Å². The van der Waals surface area contributed by atoms with Gasteiger partial charge >= 0.3 is 6.03 Å². The summed E-state index contributed by atoms with van der Waals surface area (Å²) in [5.74, 6) is 0.249. The number of nitrogens with zero attached hydrogens (tertiary/aromatic N) is 2. The lowest BCUT2D eigenvalue weighted by Gasteiger charge is -2.22. The zero-order valence-corrected chi connectivity index (χ0v) is 17.8. The molecule has 9 heteroatoms. The zero-order valence-electron chi connectivity index (χ0n) is 15.5. The summed E-state index contributed by atoms with van der Waals surface area (Å²) in [4.78, 5) is 28.4. The third kappa shape index (κ3) is 6.16. The summed E-state index contributed by atoms with van der Waals surface area (Å²) in [7, 11) is 0. The summed E-state index contributed by atoms with van der Waals surface area (Å²) in [5.41, 5.74) is 0.671. The first-order valence-electron chi connectivity index (χ1n) is 9.09. The van der Waals surface area contributed by atoms with Crippen LogP contribution in [0.25, 0.3) is 0 Å². The molecule has 154 valence electrons. The molecule has 1 saturated heterocycles. The summed E-state index contributed by atoms with van der Waals surface area (Å²) in [6.45, 7) is 1.87. The van der Waals surface area contributed by atoms with Crippen molar-refractivity contribution in [2.75, 3.05) is 38.1 Å². The summed E-state index contributed by atoms with van der Waals surface area (Å²) < 4.78 is 5.53. The topological polar surface area (TPSA) is 61.9 Å². The van der Waals surface area contributed by atoms with Crippen molar-refractivity contribution < 1.29 is 14.3 Å². The van der Waals surface area contributed by atoms with E-state index in [9.17, 15) is 9.59 Å². The molecular formula is C20H20Cl3N3O3. The number of urea groups is 1. The van der Waals surface area contributed by atoms with Crippen LogP contribution < -0.4 is 10.1 Å². The van der Waals surface area contributed by atoms with Crippen molar-refractivity contribution in [3.8, 4) is 5.75 Å². The molecule has 1 aliphatic heterocycles. The highest BCUT2D eigenvalue weighted by Crippen LogP contribution is 2.27. The molecule has 3 rings (SSSR count). The molecule has 1 aliphatic rings. The molecule has 0 aromatic heterocycles. The predicted molar refractivity (Wildman–Crippen MR) is 115 cm³/mol. The van der Waals surface area contributed by atoms with Gasteiger partial charge in [-0.1, -0.05) is 34.8 Å². The van der Waals surface area contributed by atoms with Crippen molar-refractivity contribution in [3.05, 3.63) is 57.5 Å². The minimum atomic E-state index is -0.203. The van der Waals surface area contributed by atoms with Gasteiger partial charge in [-0.15, -0.1) is 0 Å². The molecule has 1 N–H and O–H groups in total. The van der Waals surface area contributed by atoms with Crippen molar-refractivity contribution in [1.29, 1.82) is 0 Å². The van der Waals surface area contributed by atoms with Crippen LogP contribution in [0, 0.1) is 0 Å². The third-order valence-electron chi connectivity index (χ3n) is 4.48. The number of rotatable bonds is 4. The zero-order chi connectivity index (χ0) is 20.8. The third-order valence-corrected chi connectivity index (χ3v) is 5.26. The first-order chi connectivity index (χ1) is 13.9. The second kappa shape index (κ2) is 10.1. The predicted octanol–water partition coefficient (Wildman–Crippen LogP) is 4.79. The Hall–Kier alpha value is -2.15. The first-order valence-corrected chi connectivity index (χ1v) is 10.2. The van der Waals surface area contributed by atoms with Crippen molar-refractivity contribution in [3.63, 3.8) is 0 Å². The van der Waals surface area contributed by atoms with E-state index in [0.717, 1.165) is 0 Å². The summed E-state index contributed by atoms with van der Waals surface area (Å²) in [6, 6.07) is 11.6. The van der Waals surface area contributed by atoms with Crippen LogP contribution in [-0.2, 0) is 4.79 Å². The lowest BCUT2D eigenvalue weighted by Crippen LogP contribution is -2.40. The van der Waals surface area contributed by atoms with Crippen molar-refractivity contribution in [1.82, 2.24) is 9.80 Å². The average molecular weight is 457 g/mol. The normalized spacial score (nSPS) is 14.3. The highest BCUT2D eigenvalue weighted by Gasteiger charge is 2.22. The smallest absolute Gasteiger partial charge is 0.321 e. The van der Waals surface area contributed by atoms with E-state index in [2.05, 4.69) is 5.32 Å². The van der Waals surface area contributed by atoms with Gasteiger partial charge in [0.05, 0.1) is 5.02 Å². The number of halogens is 3. The number of anilines is 1. The van der Waals surface area contributed by atoms with E-state index in [1.807, 2.05) is 0 Å². The van der Waals surface area contributed by atoms with E-state index < -0.39 is 0 Å². The molecule has 0 spiro atoms. The van der Waals surface area contributed by atoms with E-state index >= 15 is 0 Å². The fraction of sp³-hybridized carbons (Fsp3) is 0.300. The van der Waals surface area contributed by atoms with Crippen LogP contribution in [0.5, 0.6) is 5.75 Å². The Kier molecular flexibility index (Phi) is 7.47. The molecule has 0 saturated carbocycles. The number of benzene rings is 2. The number of ether oxygens (including phenoxy) is 1. The van der Waals surface area contributed by atoms with Crippen LogP contribution in [0.2, 0.25) is 15.1 Å². The van der Waals surface area contributed by atoms with Gasteiger partial charge in [0, 0.05) is 41.9 Å². The SMILES string of the molecule is O=C(COc1ccc(Cl)cc1Cl)N1CCCN(C(=O)Nc2ccc(Cl)cc2)CC1. The second-order valence-electron chi connectivity index (χ2n) is 6.52. The molecule has 2 aromatic carbocycles. The molecule has 3 amide bonds. The Morgan fingerprint density at radius 3 is 2.28 bits per heavy atom. The largest absolute Gasteiger partial charge is 0.482 e. The number of hydrogen-bond acceptors (Lipinski definition) is 3. The van der Waals surface area contributed by atoms with E-state index in [0.29, 0.717) is 59.1 Å². The number of amides is 3. The highest BCUT2D eigenvalue weighted by atomic mass is 35.5. The summed E-state index contributed by atoms with van der Waals surface area (Å²) in [6.07, 6.45) is 0.682. The molecule has 0 radical (unpaired) electrons. The molecule has 0 aliphatic carbocycles. The molecule has 0 bridgehead atoms. The Morgan fingerprint density at radius 1 is 0.897 bits per heavy atom. The molecule has 1 fully saturated rings. The van der Waals surface area contributed by atoms with Crippen molar-refractivity contribution in [2.24, 2.45) is 0 Å². The number of carbonyl (C=O) groups excluding carboxylic acids is 2. The monoisotopic (exact) mass is 455 g/mol. The van der Waals surface area contributed by atoms with Crippen LogP contribution in [0.15, 0.2) is 42.5 Å².